The highest BCUT2D eigenvalue weighted by Gasteiger charge is 2.16. The monoisotopic (exact) mass is 315 g/mol. The highest BCUT2D eigenvalue weighted by molar-refractivity contribution is 6.39. The highest BCUT2D eigenvalue weighted by Crippen LogP contribution is 2.23. The number of carbonyl (C=O) groups excluding carboxylic acids is 2. The summed E-state index contributed by atoms with van der Waals surface area (Å²) in [6, 6.07) is 7.45. The molecule has 23 heavy (non-hydrogen) atoms. The van der Waals surface area contributed by atoms with Crippen molar-refractivity contribution in [3.63, 3.8) is 0 Å². The molecule has 0 saturated heterocycles. The summed E-state index contributed by atoms with van der Waals surface area (Å²) in [4.78, 5) is 24.0. The number of nitrogens with one attached hydrogen (secondary N) is 2. The second-order valence-corrected chi connectivity index (χ2v) is 5.41. The van der Waals surface area contributed by atoms with E-state index in [4.69, 9.17) is 0 Å². The summed E-state index contributed by atoms with van der Waals surface area (Å²) in [5.74, 6) is -0.538. The lowest BCUT2D eigenvalue weighted by atomic mass is 10.0. The summed E-state index contributed by atoms with van der Waals surface area (Å²) < 4.78 is 1.80. The van der Waals surface area contributed by atoms with Gasteiger partial charge < -0.3 is 15.2 Å². The van der Waals surface area contributed by atoms with Crippen molar-refractivity contribution in [2.24, 2.45) is 0 Å². The molecule has 122 valence electrons. The number of aryl methyl sites for hydroxylation is 1. The number of para-hydroxylation sites is 1. The third kappa shape index (κ3) is 4.15. The molecule has 0 aliphatic rings. The van der Waals surface area contributed by atoms with Crippen LogP contribution in [0.2, 0.25) is 0 Å². The van der Waals surface area contributed by atoms with E-state index in [1.807, 2.05) is 39.0 Å². The molecule has 2 N–H and O–H groups in total. The number of anilines is 1. The second-order valence-electron chi connectivity index (χ2n) is 5.41. The van der Waals surface area contributed by atoms with Crippen LogP contribution in [0.1, 0.15) is 38.1 Å². The van der Waals surface area contributed by atoms with E-state index in [2.05, 4.69) is 20.8 Å². The molecular formula is C16H21N5O2. The van der Waals surface area contributed by atoms with Gasteiger partial charge in [0, 0.05) is 12.2 Å². The van der Waals surface area contributed by atoms with E-state index < -0.39 is 11.8 Å². The first kappa shape index (κ1) is 16.7. The third-order valence-corrected chi connectivity index (χ3v) is 3.48. The normalized spacial score (nSPS) is 10.6. The fourth-order valence-electron chi connectivity index (χ4n) is 2.21. The van der Waals surface area contributed by atoms with Crippen molar-refractivity contribution in [1.29, 1.82) is 0 Å². The molecule has 1 aromatic heterocycles. The van der Waals surface area contributed by atoms with Crippen LogP contribution in [0.15, 0.2) is 30.6 Å². The Labute approximate surface area is 135 Å². The van der Waals surface area contributed by atoms with Crippen LogP contribution in [0.3, 0.4) is 0 Å². The van der Waals surface area contributed by atoms with Crippen LogP contribution >= 0.6 is 0 Å². The topological polar surface area (TPSA) is 88.9 Å². The predicted octanol–water partition coefficient (Wildman–Crippen LogP) is 1.68. The van der Waals surface area contributed by atoms with Gasteiger partial charge in [-0.2, -0.15) is 0 Å². The maximum atomic E-state index is 12.0. The molecule has 0 atom stereocenters. The Morgan fingerprint density at radius 1 is 1.22 bits per heavy atom. The van der Waals surface area contributed by atoms with Gasteiger partial charge >= 0.3 is 11.8 Å². The Morgan fingerprint density at radius 2 is 1.96 bits per heavy atom. The summed E-state index contributed by atoms with van der Waals surface area (Å²) in [5.41, 5.74) is 1.64. The molecule has 0 fully saturated rings. The minimum atomic E-state index is -0.700. The molecular weight excluding hydrogens is 294 g/mol. The first-order chi connectivity index (χ1) is 11.0. The van der Waals surface area contributed by atoms with Crippen molar-refractivity contribution in [2.45, 2.75) is 39.8 Å². The molecule has 2 amide bonds. The van der Waals surface area contributed by atoms with Gasteiger partial charge in [0.25, 0.3) is 0 Å². The maximum absolute atomic E-state index is 12.0. The zero-order valence-corrected chi connectivity index (χ0v) is 13.5. The highest BCUT2D eigenvalue weighted by atomic mass is 16.2. The SMILES string of the molecule is CCn1cnnc1CNC(=O)C(=O)Nc1ccccc1C(C)C. The smallest absolute Gasteiger partial charge is 0.313 e. The summed E-state index contributed by atoms with van der Waals surface area (Å²) in [6.45, 7) is 6.87. The number of rotatable bonds is 5. The van der Waals surface area contributed by atoms with E-state index >= 15 is 0 Å². The van der Waals surface area contributed by atoms with Crippen molar-refractivity contribution < 1.29 is 9.59 Å². The average molecular weight is 315 g/mol. The molecule has 1 aromatic carbocycles. The molecule has 1 heterocycles. The van der Waals surface area contributed by atoms with E-state index in [0.717, 1.165) is 5.56 Å². The number of carbonyl (C=O) groups is 2. The summed E-state index contributed by atoms with van der Waals surface area (Å²) >= 11 is 0. The van der Waals surface area contributed by atoms with Gasteiger partial charge in [0.2, 0.25) is 0 Å². The average Bonchev–Trinajstić information content (AvgIpc) is 3.00. The van der Waals surface area contributed by atoms with Crippen molar-refractivity contribution in [3.8, 4) is 0 Å². The first-order valence-corrected chi connectivity index (χ1v) is 7.57. The van der Waals surface area contributed by atoms with Gasteiger partial charge in [0.05, 0.1) is 6.54 Å². The van der Waals surface area contributed by atoms with E-state index in [1.165, 1.54) is 0 Å². The Hall–Kier alpha value is -2.70. The Morgan fingerprint density at radius 3 is 2.65 bits per heavy atom. The minimum absolute atomic E-state index is 0.159. The quantitative estimate of drug-likeness (QED) is 0.822. The predicted molar refractivity (Wildman–Crippen MR) is 86.7 cm³/mol. The lowest BCUT2D eigenvalue weighted by Crippen LogP contribution is -2.35. The van der Waals surface area contributed by atoms with Crippen molar-refractivity contribution in [3.05, 3.63) is 42.0 Å². The molecule has 0 aliphatic heterocycles. The van der Waals surface area contributed by atoms with Crippen LogP contribution in [-0.4, -0.2) is 26.6 Å². The lowest BCUT2D eigenvalue weighted by Gasteiger charge is -2.13. The fraction of sp³-hybridized carbons (Fsp3) is 0.375. The van der Waals surface area contributed by atoms with Gasteiger partial charge in [-0.1, -0.05) is 32.0 Å². The van der Waals surface area contributed by atoms with Crippen LogP contribution < -0.4 is 10.6 Å². The van der Waals surface area contributed by atoms with Gasteiger partial charge in [-0.3, -0.25) is 9.59 Å². The van der Waals surface area contributed by atoms with Crippen molar-refractivity contribution >= 4 is 17.5 Å². The molecule has 0 unspecified atom stereocenters. The number of amides is 2. The van der Waals surface area contributed by atoms with Gasteiger partial charge in [-0.05, 0) is 24.5 Å². The van der Waals surface area contributed by atoms with E-state index in [-0.39, 0.29) is 12.5 Å². The lowest BCUT2D eigenvalue weighted by molar-refractivity contribution is -0.136. The van der Waals surface area contributed by atoms with Gasteiger partial charge in [0.1, 0.15) is 6.33 Å². The summed E-state index contributed by atoms with van der Waals surface area (Å²) in [6.07, 6.45) is 1.58. The third-order valence-electron chi connectivity index (χ3n) is 3.48. The van der Waals surface area contributed by atoms with E-state index in [0.29, 0.717) is 18.1 Å². The standard InChI is InChI=1S/C16H21N5O2/c1-4-21-10-18-20-14(21)9-17-15(22)16(23)19-13-8-6-5-7-12(13)11(2)3/h5-8,10-11H,4,9H2,1-3H3,(H,17,22)(H,19,23). The molecule has 2 aromatic rings. The maximum Gasteiger partial charge on any atom is 0.313 e. The van der Waals surface area contributed by atoms with Crippen molar-refractivity contribution in [1.82, 2.24) is 20.1 Å². The van der Waals surface area contributed by atoms with Crippen LogP contribution in [-0.2, 0) is 22.7 Å². The van der Waals surface area contributed by atoms with Crippen LogP contribution in [0.25, 0.3) is 0 Å². The Bertz CT molecular complexity index is 693. The zero-order valence-electron chi connectivity index (χ0n) is 13.5. The Kier molecular flexibility index (Phi) is 5.46. The van der Waals surface area contributed by atoms with Crippen LogP contribution in [0, 0.1) is 0 Å². The molecule has 0 bridgehead atoms. The number of hydrogen-bond acceptors (Lipinski definition) is 4. The Balaban J connectivity index is 1.97. The molecule has 7 nitrogen and oxygen atoms in total. The van der Waals surface area contributed by atoms with Gasteiger partial charge in [0.15, 0.2) is 5.82 Å². The fourth-order valence-corrected chi connectivity index (χ4v) is 2.21. The van der Waals surface area contributed by atoms with Crippen molar-refractivity contribution in [2.75, 3.05) is 5.32 Å². The zero-order chi connectivity index (χ0) is 16.8. The molecule has 0 radical (unpaired) electrons. The summed E-state index contributed by atoms with van der Waals surface area (Å²) in [5, 5.41) is 12.9. The van der Waals surface area contributed by atoms with E-state index in [1.54, 1.807) is 17.0 Å². The minimum Gasteiger partial charge on any atom is -0.341 e. The van der Waals surface area contributed by atoms with E-state index in [9.17, 15) is 9.59 Å². The van der Waals surface area contributed by atoms with Crippen LogP contribution in [0.4, 0.5) is 5.69 Å². The van der Waals surface area contributed by atoms with Gasteiger partial charge in [-0.15, -0.1) is 10.2 Å². The number of aromatic nitrogens is 3. The molecule has 0 saturated carbocycles. The van der Waals surface area contributed by atoms with Gasteiger partial charge in [-0.25, -0.2) is 0 Å². The number of benzene rings is 1. The molecule has 0 aliphatic carbocycles. The molecule has 2 rings (SSSR count). The van der Waals surface area contributed by atoms with Crippen LogP contribution in [0.5, 0.6) is 0 Å². The number of hydrogen-bond donors (Lipinski definition) is 2. The second kappa shape index (κ2) is 7.53. The first-order valence-electron chi connectivity index (χ1n) is 7.57. The summed E-state index contributed by atoms with van der Waals surface area (Å²) in [7, 11) is 0. The largest absolute Gasteiger partial charge is 0.341 e. The molecule has 0 spiro atoms. The number of nitrogens with zero attached hydrogens (tertiary/aromatic N) is 3. The molecule has 7 heteroatoms.